The molecule has 7 heteroatoms. The maximum absolute atomic E-state index is 12.4. The molecular weight excluding hydrogens is 282 g/mol. The average molecular weight is 298 g/mol. The quantitative estimate of drug-likeness (QED) is 0.516. The van der Waals surface area contributed by atoms with Crippen molar-refractivity contribution in [2.24, 2.45) is 0 Å². The van der Waals surface area contributed by atoms with E-state index in [4.69, 9.17) is 17.3 Å². The van der Waals surface area contributed by atoms with Crippen molar-refractivity contribution in [1.29, 1.82) is 0 Å². The van der Waals surface area contributed by atoms with Gasteiger partial charge in [-0.2, -0.15) is 0 Å². The number of nitrogen functional groups attached to an aromatic ring is 1. The Kier molecular flexibility index (Phi) is 4.44. The first-order valence-corrected chi connectivity index (χ1v) is 6.91. The zero-order valence-corrected chi connectivity index (χ0v) is 11.7. The number of nitrogens with zero attached hydrogens (tertiary/aromatic N) is 2. The summed E-state index contributed by atoms with van der Waals surface area (Å²) in [6.07, 6.45) is 4.12. The first-order valence-electron chi connectivity index (χ1n) is 6.53. The summed E-state index contributed by atoms with van der Waals surface area (Å²) in [6, 6.07) is 2.60. The highest BCUT2D eigenvalue weighted by Gasteiger charge is 2.23. The molecule has 0 aromatic heterocycles. The minimum atomic E-state index is -0.625. The summed E-state index contributed by atoms with van der Waals surface area (Å²) in [5.74, 6) is -0.225. The minimum Gasteiger partial charge on any atom is -0.392 e. The van der Waals surface area contributed by atoms with Crippen molar-refractivity contribution < 1.29 is 9.72 Å². The first kappa shape index (κ1) is 14.6. The van der Waals surface area contributed by atoms with E-state index in [9.17, 15) is 14.9 Å². The van der Waals surface area contributed by atoms with Gasteiger partial charge in [-0.15, -0.1) is 0 Å². The number of halogens is 1. The van der Waals surface area contributed by atoms with Gasteiger partial charge in [0, 0.05) is 24.7 Å². The van der Waals surface area contributed by atoms with Crippen molar-refractivity contribution in [1.82, 2.24) is 4.90 Å². The Hall–Kier alpha value is -1.82. The fraction of sp³-hybridized carbons (Fsp3) is 0.462. The van der Waals surface area contributed by atoms with E-state index in [1.165, 1.54) is 12.1 Å². The second-order valence-electron chi connectivity index (χ2n) is 4.85. The number of hydrogen-bond donors (Lipinski definition) is 1. The maximum atomic E-state index is 12.4. The standard InChI is InChI=1S/C13H16ClN3O3/c14-10-7-9(8-11(12(10)15)17(19)20)13(18)16-5-3-1-2-4-6-16/h7-8H,1-6,15H2. The molecule has 2 rings (SSSR count). The summed E-state index contributed by atoms with van der Waals surface area (Å²) in [5.41, 5.74) is 5.35. The third-order valence-electron chi connectivity index (χ3n) is 3.44. The van der Waals surface area contributed by atoms with Gasteiger partial charge in [0.25, 0.3) is 11.6 Å². The Morgan fingerprint density at radius 3 is 2.40 bits per heavy atom. The van der Waals surface area contributed by atoms with E-state index in [2.05, 4.69) is 0 Å². The van der Waals surface area contributed by atoms with Crippen LogP contribution in [0.15, 0.2) is 12.1 Å². The monoisotopic (exact) mass is 297 g/mol. The van der Waals surface area contributed by atoms with Gasteiger partial charge in [0.05, 0.1) is 9.95 Å². The zero-order valence-electron chi connectivity index (χ0n) is 11.0. The van der Waals surface area contributed by atoms with Gasteiger partial charge < -0.3 is 10.6 Å². The molecule has 108 valence electrons. The molecule has 1 aromatic rings. The molecule has 1 saturated heterocycles. The largest absolute Gasteiger partial charge is 0.392 e. The normalized spacial score (nSPS) is 15.8. The lowest BCUT2D eigenvalue weighted by molar-refractivity contribution is -0.383. The third kappa shape index (κ3) is 3.01. The Morgan fingerprint density at radius 1 is 1.25 bits per heavy atom. The van der Waals surface area contributed by atoms with E-state index in [-0.39, 0.29) is 27.9 Å². The van der Waals surface area contributed by atoms with E-state index in [0.717, 1.165) is 25.7 Å². The number of rotatable bonds is 2. The molecular formula is C13H16ClN3O3. The van der Waals surface area contributed by atoms with E-state index >= 15 is 0 Å². The highest BCUT2D eigenvalue weighted by molar-refractivity contribution is 6.34. The molecule has 0 saturated carbocycles. The summed E-state index contributed by atoms with van der Waals surface area (Å²) in [6.45, 7) is 1.35. The maximum Gasteiger partial charge on any atom is 0.294 e. The number of amides is 1. The van der Waals surface area contributed by atoms with Crippen molar-refractivity contribution in [2.75, 3.05) is 18.8 Å². The van der Waals surface area contributed by atoms with Crippen LogP contribution in [0.5, 0.6) is 0 Å². The highest BCUT2D eigenvalue weighted by atomic mass is 35.5. The van der Waals surface area contributed by atoms with Crippen LogP contribution in [0.25, 0.3) is 0 Å². The predicted octanol–water partition coefficient (Wildman–Crippen LogP) is 2.85. The average Bonchev–Trinajstić information content (AvgIpc) is 2.69. The van der Waals surface area contributed by atoms with Crippen molar-refractivity contribution >= 4 is 28.9 Å². The Morgan fingerprint density at radius 2 is 1.85 bits per heavy atom. The molecule has 0 unspecified atom stereocenters. The number of carbonyl (C=O) groups is 1. The van der Waals surface area contributed by atoms with Gasteiger partial charge in [-0.3, -0.25) is 14.9 Å². The van der Waals surface area contributed by atoms with Crippen LogP contribution in [-0.2, 0) is 0 Å². The second kappa shape index (κ2) is 6.09. The number of nitro benzene ring substituents is 1. The summed E-state index contributed by atoms with van der Waals surface area (Å²) < 4.78 is 0. The summed E-state index contributed by atoms with van der Waals surface area (Å²) in [4.78, 5) is 24.4. The topological polar surface area (TPSA) is 89.5 Å². The van der Waals surface area contributed by atoms with Crippen molar-refractivity contribution in [2.45, 2.75) is 25.7 Å². The van der Waals surface area contributed by atoms with Crippen LogP contribution in [0.3, 0.4) is 0 Å². The molecule has 1 aliphatic heterocycles. The second-order valence-corrected chi connectivity index (χ2v) is 5.26. The Bertz CT molecular complexity index is 540. The SMILES string of the molecule is Nc1c(Cl)cc(C(=O)N2CCCCCC2)cc1[N+](=O)[O-]. The molecule has 0 radical (unpaired) electrons. The number of nitrogens with two attached hydrogens (primary N) is 1. The van der Waals surface area contributed by atoms with Gasteiger partial charge in [-0.1, -0.05) is 24.4 Å². The smallest absolute Gasteiger partial charge is 0.294 e. The van der Waals surface area contributed by atoms with Crippen molar-refractivity contribution in [3.05, 3.63) is 32.8 Å². The van der Waals surface area contributed by atoms with Crippen LogP contribution >= 0.6 is 11.6 Å². The van der Waals surface area contributed by atoms with E-state index in [1.807, 2.05) is 0 Å². The third-order valence-corrected chi connectivity index (χ3v) is 3.76. The van der Waals surface area contributed by atoms with Crippen LogP contribution in [0.2, 0.25) is 5.02 Å². The molecule has 1 amide bonds. The lowest BCUT2D eigenvalue weighted by Crippen LogP contribution is -2.31. The van der Waals surface area contributed by atoms with Gasteiger partial charge in [0.15, 0.2) is 0 Å². The van der Waals surface area contributed by atoms with Gasteiger partial charge in [0.1, 0.15) is 5.69 Å². The molecule has 1 aliphatic rings. The molecule has 6 nitrogen and oxygen atoms in total. The van der Waals surface area contributed by atoms with Gasteiger partial charge in [-0.25, -0.2) is 0 Å². The summed E-state index contributed by atoms with van der Waals surface area (Å²) in [5, 5.41) is 11.0. The molecule has 0 aliphatic carbocycles. The fourth-order valence-corrected chi connectivity index (χ4v) is 2.55. The van der Waals surface area contributed by atoms with Crippen molar-refractivity contribution in [3.63, 3.8) is 0 Å². The molecule has 1 heterocycles. The van der Waals surface area contributed by atoms with E-state index in [0.29, 0.717) is 13.1 Å². The fourth-order valence-electron chi connectivity index (χ4n) is 2.33. The number of nitro groups is 1. The van der Waals surface area contributed by atoms with Crippen molar-refractivity contribution in [3.8, 4) is 0 Å². The van der Waals surface area contributed by atoms with Gasteiger partial charge in [0.2, 0.25) is 0 Å². The molecule has 0 bridgehead atoms. The summed E-state index contributed by atoms with van der Waals surface area (Å²) >= 11 is 5.88. The Balaban J connectivity index is 2.31. The van der Waals surface area contributed by atoms with E-state index in [1.54, 1.807) is 4.90 Å². The van der Waals surface area contributed by atoms with Crippen LogP contribution < -0.4 is 5.73 Å². The number of hydrogen-bond acceptors (Lipinski definition) is 4. The first-order chi connectivity index (χ1) is 9.50. The lowest BCUT2D eigenvalue weighted by atomic mass is 10.1. The summed E-state index contributed by atoms with van der Waals surface area (Å²) in [7, 11) is 0. The number of benzene rings is 1. The molecule has 2 N–H and O–H groups in total. The molecule has 0 atom stereocenters. The van der Waals surface area contributed by atoms with Crippen LogP contribution in [0.1, 0.15) is 36.0 Å². The van der Waals surface area contributed by atoms with Gasteiger partial charge >= 0.3 is 0 Å². The minimum absolute atomic E-state index is 0.0392. The zero-order chi connectivity index (χ0) is 14.7. The number of anilines is 1. The van der Waals surface area contributed by atoms with E-state index < -0.39 is 4.92 Å². The number of likely N-dealkylation sites (tertiary alicyclic amines) is 1. The molecule has 1 aromatic carbocycles. The van der Waals surface area contributed by atoms with Crippen LogP contribution in [-0.4, -0.2) is 28.8 Å². The molecule has 0 spiro atoms. The molecule has 1 fully saturated rings. The number of carbonyl (C=O) groups excluding carboxylic acids is 1. The van der Waals surface area contributed by atoms with Crippen LogP contribution in [0, 0.1) is 10.1 Å². The lowest BCUT2D eigenvalue weighted by Gasteiger charge is -2.20. The van der Waals surface area contributed by atoms with Gasteiger partial charge in [-0.05, 0) is 18.9 Å². The Labute approximate surface area is 121 Å². The molecule has 20 heavy (non-hydrogen) atoms. The highest BCUT2D eigenvalue weighted by Crippen LogP contribution is 2.31. The predicted molar refractivity (Wildman–Crippen MR) is 76.9 cm³/mol. The van der Waals surface area contributed by atoms with Crippen LogP contribution in [0.4, 0.5) is 11.4 Å².